The number of thioether (sulfide) groups is 1. The number of nitrogens with one attached hydrogen (secondary N) is 1. The first-order chi connectivity index (χ1) is 8.38. The Morgan fingerprint density at radius 1 is 1.41 bits per heavy atom. The molecule has 0 aliphatic rings. The van der Waals surface area contributed by atoms with E-state index in [1.54, 1.807) is 22.6 Å². The van der Waals surface area contributed by atoms with E-state index in [0.29, 0.717) is 0 Å². The molecule has 6 heteroatoms. The number of nitrogens with zero attached hydrogens (tertiary/aromatic N) is 3. The van der Waals surface area contributed by atoms with Gasteiger partial charge in [-0.3, -0.25) is 4.68 Å². The number of rotatable bonds is 7. The van der Waals surface area contributed by atoms with Gasteiger partial charge >= 0.3 is 0 Å². The van der Waals surface area contributed by atoms with Crippen LogP contribution in [-0.2, 0) is 18.8 Å². The van der Waals surface area contributed by atoms with E-state index in [0.717, 1.165) is 36.9 Å². The second-order valence-corrected chi connectivity index (χ2v) is 4.51. The van der Waals surface area contributed by atoms with Crippen LogP contribution in [0.25, 0.3) is 0 Å². The summed E-state index contributed by atoms with van der Waals surface area (Å²) in [6.45, 7) is 2.42. The zero-order valence-electron chi connectivity index (χ0n) is 9.80. The maximum Gasteiger partial charge on any atom is 0.118 e. The maximum absolute atomic E-state index is 5.64. The van der Waals surface area contributed by atoms with E-state index in [2.05, 4.69) is 21.9 Å². The third-order valence-electron chi connectivity index (χ3n) is 2.29. The molecule has 92 valence electrons. The summed E-state index contributed by atoms with van der Waals surface area (Å²) in [6.07, 6.45) is 5.60. The number of hydrogen-bond donors (Lipinski definition) is 1. The summed E-state index contributed by atoms with van der Waals surface area (Å²) < 4.78 is 7.44. The van der Waals surface area contributed by atoms with Crippen molar-refractivity contribution in [2.24, 2.45) is 0 Å². The maximum atomic E-state index is 5.64. The Bertz CT molecular complexity index is 426. The lowest BCUT2D eigenvalue weighted by Crippen LogP contribution is -2.19. The lowest BCUT2D eigenvalue weighted by Gasteiger charge is -2.02. The second kappa shape index (κ2) is 6.46. The standard InChI is InChI=1S/C11H16N4OS/c1-17-9-11-3-2-10(16-11)8-12-4-6-15-7-5-13-14-15/h2-3,5,7,12H,4,6,8-9H2,1H3. The summed E-state index contributed by atoms with van der Waals surface area (Å²) >= 11 is 1.76. The van der Waals surface area contributed by atoms with Crippen molar-refractivity contribution in [3.8, 4) is 0 Å². The van der Waals surface area contributed by atoms with Gasteiger partial charge in [-0.2, -0.15) is 11.8 Å². The molecule has 2 aromatic rings. The highest BCUT2D eigenvalue weighted by Crippen LogP contribution is 2.12. The van der Waals surface area contributed by atoms with Crippen molar-refractivity contribution < 1.29 is 4.42 Å². The van der Waals surface area contributed by atoms with Gasteiger partial charge < -0.3 is 9.73 Å². The Kier molecular flexibility index (Phi) is 4.63. The van der Waals surface area contributed by atoms with Crippen molar-refractivity contribution in [2.75, 3.05) is 12.8 Å². The average molecular weight is 252 g/mol. The average Bonchev–Trinajstić information content (AvgIpc) is 2.96. The minimum atomic E-state index is 0.753. The van der Waals surface area contributed by atoms with Crippen LogP contribution in [0.3, 0.4) is 0 Å². The van der Waals surface area contributed by atoms with E-state index in [4.69, 9.17) is 4.42 Å². The van der Waals surface area contributed by atoms with Crippen LogP contribution in [0.1, 0.15) is 11.5 Å². The lowest BCUT2D eigenvalue weighted by molar-refractivity contribution is 0.449. The molecule has 0 aromatic carbocycles. The molecular weight excluding hydrogens is 236 g/mol. The van der Waals surface area contributed by atoms with Crippen LogP contribution in [0.2, 0.25) is 0 Å². The van der Waals surface area contributed by atoms with Gasteiger partial charge in [0.25, 0.3) is 0 Å². The summed E-state index contributed by atoms with van der Waals surface area (Å²) in [7, 11) is 0. The van der Waals surface area contributed by atoms with Crippen molar-refractivity contribution in [2.45, 2.75) is 18.8 Å². The minimum absolute atomic E-state index is 0.753. The van der Waals surface area contributed by atoms with Crippen molar-refractivity contribution in [3.05, 3.63) is 36.0 Å². The Balaban J connectivity index is 1.67. The summed E-state index contributed by atoms with van der Waals surface area (Å²) in [5.41, 5.74) is 0. The zero-order valence-corrected chi connectivity index (χ0v) is 10.6. The van der Waals surface area contributed by atoms with Crippen LogP contribution in [0, 0.1) is 0 Å². The van der Waals surface area contributed by atoms with Crippen LogP contribution >= 0.6 is 11.8 Å². The fourth-order valence-corrected chi connectivity index (χ4v) is 1.93. The van der Waals surface area contributed by atoms with Crippen molar-refractivity contribution in [3.63, 3.8) is 0 Å². The number of furan rings is 1. The molecular formula is C11H16N4OS. The third kappa shape index (κ3) is 3.90. The van der Waals surface area contributed by atoms with Gasteiger partial charge in [0.05, 0.1) is 25.0 Å². The molecule has 0 saturated heterocycles. The highest BCUT2D eigenvalue weighted by molar-refractivity contribution is 7.97. The van der Waals surface area contributed by atoms with Crippen molar-refractivity contribution in [1.29, 1.82) is 0 Å². The van der Waals surface area contributed by atoms with Crippen LogP contribution in [0.15, 0.2) is 28.9 Å². The monoisotopic (exact) mass is 252 g/mol. The predicted octanol–water partition coefficient (Wildman–Crippen LogP) is 1.52. The molecule has 0 aliphatic heterocycles. The van der Waals surface area contributed by atoms with E-state index >= 15 is 0 Å². The molecule has 0 aliphatic carbocycles. The summed E-state index contributed by atoms with van der Waals surface area (Å²) in [5, 5.41) is 10.9. The molecule has 0 amide bonds. The van der Waals surface area contributed by atoms with Gasteiger partial charge in [-0.1, -0.05) is 5.21 Å². The van der Waals surface area contributed by atoms with E-state index in [9.17, 15) is 0 Å². The molecule has 0 fully saturated rings. The van der Waals surface area contributed by atoms with Gasteiger partial charge in [-0.05, 0) is 18.4 Å². The Morgan fingerprint density at radius 2 is 2.29 bits per heavy atom. The lowest BCUT2D eigenvalue weighted by atomic mass is 10.4. The normalized spacial score (nSPS) is 10.9. The molecule has 2 heterocycles. The first-order valence-corrected chi connectivity index (χ1v) is 6.89. The van der Waals surface area contributed by atoms with Crippen molar-refractivity contribution >= 4 is 11.8 Å². The third-order valence-corrected chi connectivity index (χ3v) is 2.87. The van der Waals surface area contributed by atoms with E-state index < -0.39 is 0 Å². The topological polar surface area (TPSA) is 55.9 Å². The Hall–Kier alpha value is -1.27. The van der Waals surface area contributed by atoms with E-state index in [-0.39, 0.29) is 0 Å². The second-order valence-electron chi connectivity index (χ2n) is 3.64. The minimum Gasteiger partial charge on any atom is -0.464 e. The quantitative estimate of drug-likeness (QED) is 0.757. The molecule has 0 radical (unpaired) electrons. The highest BCUT2D eigenvalue weighted by atomic mass is 32.2. The summed E-state index contributed by atoms with van der Waals surface area (Å²) in [6, 6.07) is 4.05. The summed E-state index contributed by atoms with van der Waals surface area (Å²) in [4.78, 5) is 0. The van der Waals surface area contributed by atoms with Crippen LogP contribution in [-0.4, -0.2) is 27.8 Å². The fraction of sp³-hybridized carbons (Fsp3) is 0.455. The molecule has 5 nitrogen and oxygen atoms in total. The molecule has 0 spiro atoms. The Labute approximate surface area is 105 Å². The highest BCUT2D eigenvalue weighted by Gasteiger charge is 2.00. The number of aromatic nitrogens is 3. The molecule has 0 unspecified atom stereocenters. The molecule has 2 aromatic heterocycles. The van der Waals surface area contributed by atoms with E-state index in [1.807, 2.05) is 18.3 Å². The largest absolute Gasteiger partial charge is 0.464 e. The first kappa shape index (κ1) is 12.2. The van der Waals surface area contributed by atoms with Crippen LogP contribution in [0.4, 0.5) is 0 Å². The summed E-state index contributed by atoms with van der Waals surface area (Å²) in [5.74, 6) is 2.94. The van der Waals surface area contributed by atoms with Crippen molar-refractivity contribution in [1.82, 2.24) is 20.3 Å². The van der Waals surface area contributed by atoms with Crippen LogP contribution in [0.5, 0.6) is 0 Å². The number of hydrogen-bond acceptors (Lipinski definition) is 5. The predicted molar refractivity (Wildman–Crippen MR) is 67.7 cm³/mol. The smallest absolute Gasteiger partial charge is 0.118 e. The van der Waals surface area contributed by atoms with Gasteiger partial charge in [0.2, 0.25) is 0 Å². The zero-order chi connectivity index (χ0) is 11.9. The molecule has 17 heavy (non-hydrogen) atoms. The molecule has 0 saturated carbocycles. The van der Waals surface area contributed by atoms with Gasteiger partial charge in [0.1, 0.15) is 11.5 Å². The van der Waals surface area contributed by atoms with E-state index in [1.165, 1.54) is 0 Å². The molecule has 0 bridgehead atoms. The first-order valence-electron chi connectivity index (χ1n) is 5.50. The molecule has 1 N–H and O–H groups in total. The van der Waals surface area contributed by atoms with Gasteiger partial charge in [-0.15, -0.1) is 5.10 Å². The molecule has 0 atom stereocenters. The van der Waals surface area contributed by atoms with Gasteiger partial charge in [-0.25, -0.2) is 0 Å². The van der Waals surface area contributed by atoms with Crippen LogP contribution < -0.4 is 5.32 Å². The molecule has 2 rings (SSSR count). The van der Waals surface area contributed by atoms with Gasteiger partial charge in [0.15, 0.2) is 0 Å². The fourth-order valence-electron chi connectivity index (χ4n) is 1.49. The Morgan fingerprint density at radius 3 is 3.06 bits per heavy atom. The van der Waals surface area contributed by atoms with Gasteiger partial charge in [0, 0.05) is 12.7 Å². The SMILES string of the molecule is CSCc1ccc(CNCCn2ccnn2)o1.